The highest BCUT2D eigenvalue weighted by molar-refractivity contribution is 5.91. The molecule has 2 rings (SSSR count). The Morgan fingerprint density at radius 3 is 2.19 bits per heavy atom. The summed E-state index contributed by atoms with van der Waals surface area (Å²) >= 11 is 0. The molecule has 0 bridgehead atoms. The van der Waals surface area contributed by atoms with Crippen molar-refractivity contribution in [2.24, 2.45) is 0 Å². The fraction of sp³-hybridized carbons (Fsp3) is 0. The van der Waals surface area contributed by atoms with Crippen LogP contribution in [0.3, 0.4) is 0 Å². The summed E-state index contributed by atoms with van der Waals surface area (Å²) in [7, 11) is 0. The summed E-state index contributed by atoms with van der Waals surface area (Å²) in [5, 5.41) is 11.3. The maximum absolute atomic E-state index is 11.6. The zero-order chi connectivity index (χ0) is 11.4. The van der Waals surface area contributed by atoms with E-state index in [1.165, 1.54) is 12.1 Å². The summed E-state index contributed by atoms with van der Waals surface area (Å²) in [6.45, 7) is 0. The molecule has 0 saturated heterocycles. The van der Waals surface area contributed by atoms with Crippen LogP contribution in [0, 0.1) is 0 Å². The summed E-state index contributed by atoms with van der Waals surface area (Å²) < 4.78 is 4.98. The molecule has 16 heavy (non-hydrogen) atoms. The molecule has 0 saturated carbocycles. The van der Waals surface area contributed by atoms with E-state index < -0.39 is 5.97 Å². The number of carbonyl (C=O) groups excluding carboxylic acids is 1. The van der Waals surface area contributed by atoms with Gasteiger partial charge in [0.05, 0.1) is 5.56 Å². The van der Waals surface area contributed by atoms with Gasteiger partial charge >= 0.3 is 5.97 Å². The number of hydrogen-bond acceptors (Lipinski definition) is 2. The van der Waals surface area contributed by atoms with Gasteiger partial charge in [-0.1, -0.05) is 30.3 Å². The Labute approximate surface area is 92.9 Å². The Morgan fingerprint density at radius 1 is 0.875 bits per heavy atom. The lowest BCUT2D eigenvalue weighted by atomic mass is 10.2. The van der Waals surface area contributed by atoms with Gasteiger partial charge in [0.1, 0.15) is 0 Å². The van der Waals surface area contributed by atoms with Crippen LogP contribution in [0.5, 0.6) is 11.5 Å². The topological polar surface area (TPSA) is 46.2 Å². The predicted molar refractivity (Wildman–Crippen MR) is 58.0 cm³/mol. The number of benzene rings is 2. The molecule has 0 heterocycles. The van der Waals surface area contributed by atoms with Crippen molar-refractivity contribution >= 4 is 5.97 Å². The Kier molecular flexibility index (Phi) is 2.87. The van der Waals surface area contributed by atoms with Gasteiger partial charge in [0.15, 0.2) is 5.75 Å². The van der Waals surface area contributed by atoms with Crippen molar-refractivity contribution in [3.63, 3.8) is 0 Å². The fourth-order valence-electron chi connectivity index (χ4n) is 1.27. The van der Waals surface area contributed by atoms with E-state index >= 15 is 0 Å². The maximum atomic E-state index is 11.6. The smallest absolute Gasteiger partial charge is 0.343 e. The van der Waals surface area contributed by atoms with E-state index in [9.17, 15) is 9.90 Å². The molecule has 2 aromatic carbocycles. The minimum absolute atomic E-state index is 0.0522. The fourth-order valence-corrected chi connectivity index (χ4v) is 1.27. The predicted octanol–water partition coefficient (Wildman–Crippen LogP) is 3.05. The summed E-state index contributed by atoms with van der Waals surface area (Å²) in [4.78, 5) is 11.6. The van der Waals surface area contributed by atoms with Crippen molar-refractivity contribution in [2.75, 3.05) is 0 Å². The Balaban J connectivity index is 2.18. The van der Waals surface area contributed by atoms with Crippen molar-refractivity contribution in [3.05, 3.63) is 60.2 Å². The summed E-state index contributed by atoms with van der Waals surface area (Å²) in [5.74, 6) is -0.771. The molecule has 0 aliphatic carbocycles. The van der Waals surface area contributed by atoms with Crippen molar-refractivity contribution in [1.29, 1.82) is 0 Å². The van der Waals surface area contributed by atoms with Gasteiger partial charge in [-0.3, -0.25) is 5.11 Å². The van der Waals surface area contributed by atoms with Crippen molar-refractivity contribution < 1.29 is 14.6 Å². The van der Waals surface area contributed by atoms with E-state index in [0.717, 1.165) is 0 Å². The van der Waals surface area contributed by atoms with Gasteiger partial charge in [0, 0.05) is 0 Å². The third kappa shape index (κ3) is 2.20. The molecular weight excluding hydrogens is 204 g/mol. The van der Waals surface area contributed by atoms with E-state index in [1.54, 1.807) is 42.5 Å². The van der Waals surface area contributed by atoms with Crippen LogP contribution >= 0.6 is 0 Å². The molecule has 1 radical (unpaired) electrons. The van der Waals surface area contributed by atoms with E-state index in [-0.39, 0.29) is 11.5 Å². The van der Waals surface area contributed by atoms with Gasteiger partial charge in [-0.05, 0) is 24.3 Å². The second-order valence-corrected chi connectivity index (χ2v) is 3.20. The van der Waals surface area contributed by atoms with Gasteiger partial charge in [-0.15, -0.1) is 0 Å². The van der Waals surface area contributed by atoms with Crippen molar-refractivity contribution in [3.8, 4) is 11.5 Å². The van der Waals surface area contributed by atoms with E-state index in [1.807, 2.05) is 0 Å². The molecule has 0 N–H and O–H groups in total. The molecule has 0 aromatic heterocycles. The van der Waals surface area contributed by atoms with Crippen molar-refractivity contribution in [1.82, 2.24) is 0 Å². The molecule has 0 fully saturated rings. The maximum Gasteiger partial charge on any atom is 0.343 e. The zero-order valence-electron chi connectivity index (χ0n) is 8.42. The normalized spacial score (nSPS) is 9.75. The van der Waals surface area contributed by atoms with Crippen LogP contribution in [0.2, 0.25) is 0 Å². The van der Waals surface area contributed by atoms with Crippen LogP contribution in [-0.4, -0.2) is 5.97 Å². The van der Waals surface area contributed by atoms with Gasteiger partial charge in [0.2, 0.25) is 5.75 Å². The van der Waals surface area contributed by atoms with Gasteiger partial charge in [-0.2, -0.15) is 0 Å². The number of rotatable bonds is 2. The van der Waals surface area contributed by atoms with Crippen LogP contribution < -0.4 is 4.74 Å². The highest BCUT2D eigenvalue weighted by Gasteiger charge is 2.10. The lowest BCUT2D eigenvalue weighted by Gasteiger charge is -2.03. The average Bonchev–Trinajstić information content (AvgIpc) is 2.33. The molecular formula is C13H9O3. The summed E-state index contributed by atoms with van der Waals surface area (Å²) in [5.41, 5.74) is 0.422. The molecule has 0 aliphatic rings. The zero-order valence-corrected chi connectivity index (χ0v) is 8.42. The van der Waals surface area contributed by atoms with E-state index in [0.29, 0.717) is 5.56 Å². The summed E-state index contributed by atoms with van der Waals surface area (Å²) in [6, 6.07) is 14.6. The first-order valence-corrected chi connectivity index (χ1v) is 4.80. The number of esters is 1. The molecule has 3 nitrogen and oxygen atoms in total. The first-order valence-electron chi connectivity index (χ1n) is 4.80. The average molecular weight is 213 g/mol. The number of hydrogen-bond donors (Lipinski definition) is 0. The van der Waals surface area contributed by atoms with Crippen LogP contribution in [0.25, 0.3) is 0 Å². The number of carbonyl (C=O) groups is 1. The highest BCUT2D eigenvalue weighted by Crippen LogP contribution is 2.25. The number of para-hydroxylation sites is 2. The van der Waals surface area contributed by atoms with Crippen LogP contribution in [-0.2, 0) is 5.11 Å². The van der Waals surface area contributed by atoms with Gasteiger partial charge in [-0.25, -0.2) is 4.79 Å². The highest BCUT2D eigenvalue weighted by atomic mass is 16.5. The Morgan fingerprint density at radius 2 is 1.50 bits per heavy atom. The first-order chi connectivity index (χ1) is 7.77. The minimum atomic E-state index is -0.524. The van der Waals surface area contributed by atoms with Gasteiger partial charge < -0.3 is 4.74 Å². The Bertz CT molecular complexity index is 492. The molecule has 79 valence electrons. The van der Waals surface area contributed by atoms with Crippen molar-refractivity contribution in [2.45, 2.75) is 0 Å². The first kappa shape index (κ1) is 10.2. The monoisotopic (exact) mass is 213 g/mol. The SMILES string of the molecule is [O]c1ccccc1OC(=O)c1ccccc1. The Hall–Kier alpha value is -2.29. The van der Waals surface area contributed by atoms with E-state index in [4.69, 9.17) is 4.74 Å². The molecule has 2 aromatic rings. The third-order valence-electron chi connectivity index (χ3n) is 2.06. The standard InChI is InChI=1S/C13H9O3/c14-11-8-4-5-9-12(11)16-13(15)10-6-2-1-3-7-10/h1-9H. The third-order valence-corrected chi connectivity index (χ3v) is 2.06. The summed E-state index contributed by atoms with van der Waals surface area (Å²) in [6.07, 6.45) is 0. The minimum Gasteiger partial charge on any atom is -0.419 e. The van der Waals surface area contributed by atoms with Crippen LogP contribution in [0.4, 0.5) is 0 Å². The van der Waals surface area contributed by atoms with Crippen LogP contribution in [0.1, 0.15) is 10.4 Å². The van der Waals surface area contributed by atoms with E-state index in [2.05, 4.69) is 0 Å². The second kappa shape index (κ2) is 4.49. The largest absolute Gasteiger partial charge is 0.419 e. The van der Waals surface area contributed by atoms with Gasteiger partial charge in [0.25, 0.3) is 0 Å². The number of ether oxygens (including phenoxy) is 1. The lowest BCUT2D eigenvalue weighted by molar-refractivity contribution is 0.0727. The van der Waals surface area contributed by atoms with Crippen LogP contribution in [0.15, 0.2) is 54.6 Å². The molecule has 0 atom stereocenters. The molecule has 0 aliphatic heterocycles. The molecule has 0 unspecified atom stereocenters. The lowest BCUT2D eigenvalue weighted by Crippen LogP contribution is -2.07. The molecule has 3 heteroatoms. The quantitative estimate of drug-likeness (QED) is 0.568. The molecule has 0 amide bonds. The second-order valence-electron chi connectivity index (χ2n) is 3.20. The molecule has 0 spiro atoms.